The molecule has 0 bridgehead atoms. The first-order chi connectivity index (χ1) is 15.9. The van der Waals surface area contributed by atoms with Crippen LogP contribution in [0.1, 0.15) is 77.5 Å². The number of rotatable bonds is 8. The molecular weight excluding hydrogens is 462 g/mol. The largest absolute Gasteiger partial charge is 0.352 e. The lowest BCUT2D eigenvalue weighted by molar-refractivity contribution is 0.0863. The van der Waals surface area contributed by atoms with Crippen molar-refractivity contribution in [1.29, 1.82) is 0 Å². The van der Waals surface area contributed by atoms with Gasteiger partial charge in [-0.2, -0.15) is 0 Å². The monoisotopic (exact) mass is 489 g/mol. The summed E-state index contributed by atoms with van der Waals surface area (Å²) in [4.78, 5) is 25.1. The van der Waals surface area contributed by atoms with E-state index < -0.39 is 15.9 Å². The molecule has 2 aliphatic carbocycles. The lowest BCUT2D eigenvalue weighted by Crippen LogP contribution is -2.32. The molecule has 0 spiro atoms. The molecule has 11 heteroatoms. The number of nitrogens with zero attached hydrogens (tertiary/aromatic N) is 4. The van der Waals surface area contributed by atoms with Crippen LogP contribution in [0, 0.1) is 0 Å². The van der Waals surface area contributed by atoms with Crippen LogP contribution in [-0.2, 0) is 16.4 Å². The van der Waals surface area contributed by atoms with Gasteiger partial charge in [0.15, 0.2) is 5.16 Å². The maximum Gasteiger partial charge on any atom is 0.269 e. The van der Waals surface area contributed by atoms with E-state index in [1.807, 2.05) is 6.26 Å². The number of hydrogen-bond acceptors (Lipinski definition) is 7. The van der Waals surface area contributed by atoms with Crippen LogP contribution in [0.2, 0.25) is 0 Å². The third-order valence-corrected chi connectivity index (χ3v) is 9.08. The van der Waals surface area contributed by atoms with Crippen molar-refractivity contribution in [1.82, 2.24) is 24.4 Å². The van der Waals surface area contributed by atoms with E-state index in [1.54, 1.807) is 11.8 Å². The van der Waals surface area contributed by atoms with Crippen molar-refractivity contribution in [2.24, 2.45) is 0 Å². The van der Waals surface area contributed by atoms with Crippen molar-refractivity contribution in [2.75, 3.05) is 12.8 Å². The van der Waals surface area contributed by atoms with Gasteiger partial charge in [-0.05, 0) is 56.6 Å². The first kappa shape index (κ1) is 22.4. The smallest absolute Gasteiger partial charge is 0.269 e. The Labute approximate surface area is 197 Å². The van der Waals surface area contributed by atoms with Crippen molar-refractivity contribution in [2.45, 2.75) is 73.5 Å². The lowest BCUT2D eigenvalue weighted by atomic mass is 10.1. The van der Waals surface area contributed by atoms with Crippen LogP contribution in [0.4, 0.5) is 0 Å². The number of aromatic nitrogens is 3. The fraction of sp³-hybridized carbons (Fsp3) is 0.545. The molecule has 3 aliphatic rings. The second kappa shape index (κ2) is 8.75. The number of carbonyl (C=O) groups excluding carboxylic acids is 2. The minimum atomic E-state index is -3.88. The topological polar surface area (TPSA) is 114 Å². The maximum absolute atomic E-state index is 12.8. The van der Waals surface area contributed by atoms with Gasteiger partial charge >= 0.3 is 0 Å². The van der Waals surface area contributed by atoms with E-state index in [1.165, 1.54) is 31.0 Å². The molecule has 2 saturated carbocycles. The molecule has 1 aromatic carbocycles. The summed E-state index contributed by atoms with van der Waals surface area (Å²) in [5.74, 6) is 0.102. The van der Waals surface area contributed by atoms with Gasteiger partial charge in [0.1, 0.15) is 10.7 Å². The number of nitrogens with one attached hydrogen (secondary N) is 1. The predicted molar refractivity (Wildman–Crippen MR) is 123 cm³/mol. The van der Waals surface area contributed by atoms with Gasteiger partial charge in [-0.25, -0.2) is 12.7 Å². The Bertz CT molecular complexity index is 1200. The first-order valence-electron chi connectivity index (χ1n) is 11.4. The first-order valence-corrected chi connectivity index (χ1v) is 14.1. The second-order valence-electron chi connectivity index (χ2n) is 8.82. The maximum atomic E-state index is 12.8. The summed E-state index contributed by atoms with van der Waals surface area (Å²) in [7, 11) is -3.88. The van der Waals surface area contributed by atoms with E-state index in [9.17, 15) is 18.0 Å². The Morgan fingerprint density at radius 3 is 2.61 bits per heavy atom. The normalized spacial score (nSPS) is 19.8. The van der Waals surface area contributed by atoms with Gasteiger partial charge in [-0.3, -0.25) is 9.59 Å². The zero-order chi connectivity index (χ0) is 23.2. The number of thioether (sulfide) groups is 1. The Morgan fingerprint density at radius 2 is 1.91 bits per heavy atom. The molecular formula is C22H27N5O4S2. The Kier molecular flexibility index (Phi) is 5.94. The molecule has 1 N–H and O–H groups in total. The molecule has 176 valence electrons. The summed E-state index contributed by atoms with van der Waals surface area (Å²) >= 11 is 1.60. The number of sulfonamides is 1. The van der Waals surface area contributed by atoms with Crippen LogP contribution in [0.5, 0.6) is 0 Å². The summed E-state index contributed by atoms with van der Waals surface area (Å²) in [6.45, 7) is 0.432. The average Bonchev–Trinajstić information content (AvgIpc) is 3.24. The highest BCUT2D eigenvalue weighted by Gasteiger charge is 2.48. The number of carbonyl (C=O) groups is 2. The van der Waals surface area contributed by atoms with Crippen LogP contribution in [0.3, 0.4) is 0 Å². The molecule has 2 amide bonds. The van der Waals surface area contributed by atoms with E-state index in [4.69, 9.17) is 0 Å². The van der Waals surface area contributed by atoms with Crippen LogP contribution in [0.25, 0.3) is 0 Å². The molecule has 0 atom stereocenters. The minimum Gasteiger partial charge on any atom is -0.352 e. The standard InChI is InChI=1S/C22H27N5O4S2/c1-32-22-25-24-19(26(22)15-5-2-3-6-15)7-4-12-23-20(28)14-8-11-17-18(13-14)33(30,31)27(21(17)29)16-9-10-16/h8,11,13,15-16H,2-7,9-10,12H2,1H3,(H,23,28). The van der Waals surface area contributed by atoms with E-state index in [-0.39, 0.29) is 28.0 Å². The minimum absolute atomic E-state index is 0.0682. The number of fused-ring (bicyclic) bond motifs is 1. The van der Waals surface area contributed by atoms with Gasteiger partial charge in [0.2, 0.25) is 0 Å². The van der Waals surface area contributed by atoms with Gasteiger partial charge < -0.3 is 9.88 Å². The SMILES string of the molecule is CSc1nnc(CCCNC(=O)c2ccc3c(c2)S(=O)(=O)N(C2CC2)C3=O)n1C1CCCC1. The Balaban J connectivity index is 1.22. The highest BCUT2D eigenvalue weighted by atomic mass is 32.2. The molecule has 2 heterocycles. The van der Waals surface area contributed by atoms with Crippen molar-refractivity contribution >= 4 is 33.6 Å². The molecule has 2 fully saturated rings. The molecule has 2 aromatic rings. The summed E-state index contributed by atoms with van der Waals surface area (Å²) in [5, 5.41) is 12.5. The van der Waals surface area contributed by atoms with Crippen LogP contribution >= 0.6 is 11.8 Å². The summed E-state index contributed by atoms with van der Waals surface area (Å²) < 4.78 is 28.8. The molecule has 1 aromatic heterocycles. The second-order valence-corrected chi connectivity index (χ2v) is 11.4. The molecule has 9 nitrogen and oxygen atoms in total. The summed E-state index contributed by atoms with van der Waals surface area (Å²) in [5.41, 5.74) is 0.385. The number of aryl methyl sites for hydroxylation is 1. The van der Waals surface area contributed by atoms with E-state index in [2.05, 4.69) is 20.1 Å². The third-order valence-electron chi connectivity index (χ3n) is 6.56. The molecule has 33 heavy (non-hydrogen) atoms. The van der Waals surface area contributed by atoms with Crippen molar-refractivity contribution in [3.8, 4) is 0 Å². The highest BCUT2D eigenvalue weighted by Crippen LogP contribution is 2.39. The average molecular weight is 490 g/mol. The van der Waals surface area contributed by atoms with Gasteiger partial charge in [0, 0.05) is 30.6 Å². The lowest BCUT2D eigenvalue weighted by Gasteiger charge is -2.16. The molecule has 0 radical (unpaired) electrons. The zero-order valence-electron chi connectivity index (χ0n) is 18.5. The zero-order valence-corrected chi connectivity index (χ0v) is 20.1. The predicted octanol–water partition coefficient (Wildman–Crippen LogP) is 2.78. The summed E-state index contributed by atoms with van der Waals surface area (Å²) in [6.07, 6.45) is 9.55. The van der Waals surface area contributed by atoms with Crippen LogP contribution < -0.4 is 5.32 Å². The van der Waals surface area contributed by atoms with Gasteiger partial charge in [-0.15, -0.1) is 10.2 Å². The fourth-order valence-electron chi connectivity index (χ4n) is 4.76. The number of benzene rings is 1. The molecule has 1 aliphatic heterocycles. The van der Waals surface area contributed by atoms with Crippen LogP contribution in [-0.4, -0.2) is 58.1 Å². The van der Waals surface area contributed by atoms with Gasteiger partial charge in [0.05, 0.1) is 5.56 Å². The molecule has 0 unspecified atom stereocenters. The Morgan fingerprint density at radius 1 is 1.15 bits per heavy atom. The third kappa shape index (κ3) is 4.05. The van der Waals surface area contributed by atoms with Crippen molar-refractivity contribution in [3.05, 3.63) is 35.2 Å². The summed E-state index contributed by atoms with van der Waals surface area (Å²) in [6, 6.07) is 4.49. The Hall–Kier alpha value is -2.40. The number of hydrogen-bond donors (Lipinski definition) is 1. The van der Waals surface area contributed by atoms with Gasteiger partial charge in [0.25, 0.3) is 21.8 Å². The molecule has 5 rings (SSSR count). The van der Waals surface area contributed by atoms with Crippen LogP contribution in [0.15, 0.2) is 28.3 Å². The van der Waals surface area contributed by atoms with Gasteiger partial charge in [-0.1, -0.05) is 24.6 Å². The van der Waals surface area contributed by atoms with E-state index in [0.29, 0.717) is 38.3 Å². The van der Waals surface area contributed by atoms with E-state index in [0.717, 1.165) is 28.1 Å². The quantitative estimate of drug-likeness (QED) is 0.448. The van der Waals surface area contributed by atoms with Crippen molar-refractivity contribution < 1.29 is 18.0 Å². The number of amides is 2. The van der Waals surface area contributed by atoms with E-state index >= 15 is 0 Å². The molecule has 0 saturated heterocycles. The van der Waals surface area contributed by atoms with Crippen molar-refractivity contribution in [3.63, 3.8) is 0 Å². The highest BCUT2D eigenvalue weighted by molar-refractivity contribution is 7.98. The fourth-order valence-corrected chi connectivity index (χ4v) is 7.17.